The third kappa shape index (κ3) is 5.94. The molecule has 1 aromatic heterocycles. The van der Waals surface area contributed by atoms with Gasteiger partial charge in [0.2, 0.25) is 5.95 Å². The van der Waals surface area contributed by atoms with Gasteiger partial charge in [0.1, 0.15) is 11.5 Å². The molecule has 0 amide bonds. The van der Waals surface area contributed by atoms with Gasteiger partial charge in [-0.05, 0) is 67.6 Å². The van der Waals surface area contributed by atoms with Gasteiger partial charge in [0.05, 0.1) is 13.2 Å². The number of ether oxygens (including phenoxy) is 1. The number of halogens is 1. The Hall–Kier alpha value is -3.39. The zero-order chi connectivity index (χ0) is 24.2. The molecule has 178 valence electrons. The Morgan fingerprint density at radius 1 is 1.12 bits per heavy atom. The van der Waals surface area contributed by atoms with E-state index in [9.17, 15) is 14.4 Å². The van der Waals surface area contributed by atoms with E-state index in [0.29, 0.717) is 23.2 Å². The van der Waals surface area contributed by atoms with E-state index < -0.39 is 17.3 Å². The van der Waals surface area contributed by atoms with E-state index in [1.807, 2.05) is 24.3 Å². The van der Waals surface area contributed by atoms with Gasteiger partial charge in [-0.25, -0.2) is 14.2 Å². The molecular weight excluding hydrogens is 456 g/mol. The third-order valence-electron chi connectivity index (χ3n) is 5.85. The summed E-state index contributed by atoms with van der Waals surface area (Å²) < 4.78 is 8.15. The second-order valence-electron chi connectivity index (χ2n) is 8.74. The molecule has 8 nitrogen and oxygen atoms in total. The van der Waals surface area contributed by atoms with E-state index in [-0.39, 0.29) is 24.8 Å². The van der Waals surface area contributed by atoms with Crippen molar-refractivity contribution in [3.05, 3.63) is 80.1 Å². The Bertz CT molecular complexity index is 1280. The van der Waals surface area contributed by atoms with Gasteiger partial charge in [-0.1, -0.05) is 30.7 Å². The maximum atomic E-state index is 13.3. The molecule has 0 radical (unpaired) electrons. The summed E-state index contributed by atoms with van der Waals surface area (Å²) in [7, 11) is 0. The lowest BCUT2D eigenvalue weighted by Gasteiger charge is -2.17. The van der Waals surface area contributed by atoms with Crippen LogP contribution in [0.2, 0.25) is 5.02 Å². The number of hydrogen-bond acceptors (Lipinski definition) is 6. The van der Waals surface area contributed by atoms with Crippen molar-refractivity contribution in [2.24, 2.45) is 11.8 Å². The molecule has 1 fully saturated rings. The zero-order valence-corrected chi connectivity index (χ0v) is 19.9. The quantitative estimate of drug-likeness (QED) is 0.471. The van der Waals surface area contributed by atoms with Crippen molar-refractivity contribution in [3.8, 4) is 5.75 Å². The molecule has 1 atom stereocenters. The van der Waals surface area contributed by atoms with Crippen molar-refractivity contribution >= 4 is 29.0 Å². The number of nitrogens with zero attached hydrogens (tertiary/aromatic N) is 3. The van der Waals surface area contributed by atoms with Crippen LogP contribution in [0.5, 0.6) is 5.75 Å². The zero-order valence-electron chi connectivity index (χ0n) is 19.2. The standard InChI is InChI=1S/C25H27ClN4O4/c1-16(17(2)31)13-30-24(32)28-23(29(25(30)33)14-18-5-7-20(26)8-6-18)27-21-9-11-22(12-10-21)34-15-19-3-4-19/h5-12,16,19H,3-4,13-15H2,1-2H3,(H,27,28,32)/t16-/m0/s1. The molecule has 0 spiro atoms. The Labute approximate surface area is 202 Å². The van der Waals surface area contributed by atoms with Gasteiger partial charge in [-0.3, -0.25) is 9.36 Å². The molecule has 2 aromatic carbocycles. The molecule has 1 N–H and O–H groups in total. The first-order valence-electron chi connectivity index (χ1n) is 11.3. The molecule has 1 aliphatic carbocycles. The maximum absolute atomic E-state index is 13.3. The summed E-state index contributed by atoms with van der Waals surface area (Å²) in [5.74, 6) is 0.933. The molecule has 1 heterocycles. The molecule has 4 rings (SSSR count). The summed E-state index contributed by atoms with van der Waals surface area (Å²) in [5, 5.41) is 3.66. The maximum Gasteiger partial charge on any atom is 0.354 e. The summed E-state index contributed by atoms with van der Waals surface area (Å²) in [6.45, 7) is 3.96. The van der Waals surface area contributed by atoms with Gasteiger partial charge in [-0.2, -0.15) is 4.98 Å². The number of nitrogens with one attached hydrogen (secondary N) is 1. The summed E-state index contributed by atoms with van der Waals surface area (Å²) >= 11 is 5.99. The first kappa shape index (κ1) is 23.8. The number of aromatic nitrogens is 3. The summed E-state index contributed by atoms with van der Waals surface area (Å²) in [4.78, 5) is 41.9. The van der Waals surface area contributed by atoms with E-state index >= 15 is 0 Å². The van der Waals surface area contributed by atoms with Gasteiger partial charge >= 0.3 is 11.4 Å². The van der Waals surface area contributed by atoms with Crippen LogP contribution in [0.15, 0.2) is 58.1 Å². The van der Waals surface area contributed by atoms with Crippen LogP contribution in [0.25, 0.3) is 0 Å². The van der Waals surface area contributed by atoms with Crippen LogP contribution in [0, 0.1) is 11.8 Å². The Kier molecular flexibility index (Phi) is 7.17. The highest BCUT2D eigenvalue weighted by atomic mass is 35.5. The van der Waals surface area contributed by atoms with Gasteiger partial charge in [0.15, 0.2) is 0 Å². The topological polar surface area (TPSA) is 95.2 Å². The lowest BCUT2D eigenvalue weighted by Crippen LogP contribution is -2.44. The van der Waals surface area contributed by atoms with E-state index in [1.54, 1.807) is 31.2 Å². The van der Waals surface area contributed by atoms with Crippen LogP contribution in [0.4, 0.5) is 11.6 Å². The van der Waals surface area contributed by atoms with Crippen LogP contribution in [0.3, 0.4) is 0 Å². The first-order valence-corrected chi connectivity index (χ1v) is 11.6. The smallest absolute Gasteiger partial charge is 0.354 e. The second kappa shape index (κ2) is 10.3. The molecule has 0 aliphatic heterocycles. The number of hydrogen-bond donors (Lipinski definition) is 1. The van der Waals surface area contributed by atoms with Gasteiger partial charge < -0.3 is 10.1 Å². The van der Waals surface area contributed by atoms with E-state index in [0.717, 1.165) is 15.9 Å². The van der Waals surface area contributed by atoms with E-state index in [1.165, 1.54) is 24.3 Å². The fourth-order valence-corrected chi connectivity index (χ4v) is 3.49. The van der Waals surface area contributed by atoms with Crippen molar-refractivity contribution in [1.29, 1.82) is 0 Å². The molecule has 9 heteroatoms. The average molecular weight is 483 g/mol. The van der Waals surface area contributed by atoms with Crippen molar-refractivity contribution in [2.75, 3.05) is 11.9 Å². The number of benzene rings is 2. The fraction of sp³-hybridized carbons (Fsp3) is 0.360. The minimum atomic E-state index is -0.711. The normalized spacial score (nSPS) is 14.0. The minimum Gasteiger partial charge on any atom is -0.493 e. The summed E-state index contributed by atoms with van der Waals surface area (Å²) in [5.41, 5.74) is 0.210. The number of ketones is 1. The lowest BCUT2D eigenvalue weighted by atomic mass is 10.1. The SMILES string of the molecule is CC(=O)[C@@H](C)Cn1c(=O)nc(Nc2ccc(OCC3CC3)cc2)n(Cc2ccc(Cl)cc2)c1=O. The van der Waals surface area contributed by atoms with Crippen LogP contribution in [0.1, 0.15) is 32.3 Å². The largest absolute Gasteiger partial charge is 0.493 e. The van der Waals surface area contributed by atoms with Gasteiger partial charge in [-0.15, -0.1) is 0 Å². The first-order chi connectivity index (χ1) is 16.3. The molecule has 34 heavy (non-hydrogen) atoms. The molecule has 3 aromatic rings. The van der Waals surface area contributed by atoms with Crippen molar-refractivity contribution < 1.29 is 9.53 Å². The van der Waals surface area contributed by atoms with Crippen molar-refractivity contribution in [1.82, 2.24) is 14.1 Å². The summed E-state index contributed by atoms with van der Waals surface area (Å²) in [6.07, 6.45) is 2.43. The Morgan fingerprint density at radius 2 is 1.79 bits per heavy atom. The monoisotopic (exact) mass is 482 g/mol. The Balaban J connectivity index is 1.65. The van der Waals surface area contributed by atoms with Crippen LogP contribution in [-0.2, 0) is 17.9 Å². The molecule has 1 aliphatic rings. The predicted molar refractivity (Wildman–Crippen MR) is 131 cm³/mol. The second-order valence-corrected chi connectivity index (χ2v) is 9.18. The highest BCUT2D eigenvalue weighted by molar-refractivity contribution is 6.30. The third-order valence-corrected chi connectivity index (χ3v) is 6.10. The molecule has 1 saturated carbocycles. The van der Waals surface area contributed by atoms with Crippen LogP contribution >= 0.6 is 11.6 Å². The highest BCUT2D eigenvalue weighted by Gasteiger charge is 2.22. The van der Waals surface area contributed by atoms with Gasteiger partial charge in [0, 0.05) is 23.2 Å². The molecular formula is C25H27ClN4O4. The average Bonchev–Trinajstić information content (AvgIpc) is 3.64. The predicted octanol–water partition coefficient (Wildman–Crippen LogP) is 3.86. The minimum absolute atomic E-state index is 0.0338. The van der Waals surface area contributed by atoms with E-state index in [4.69, 9.17) is 16.3 Å². The van der Waals surface area contributed by atoms with Crippen molar-refractivity contribution in [2.45, 2.75) is 39.8 Å². The number of carbonyl (C=O) groups excluding carboxylic acids is 1. The number of rotatable bonds is 10. The summed E-state index contributed by atoms with van der Waals surface area (Å²) in [6, 6.07) is 14.4. The van der Waals surface area contributed by atoms with Gasteiger partial charge in [0.25, 0.3) is 0 Å². The molecule has 0 saturated heterocycles. The molecule has 0 bridgehead atoms. The van der Waals surface area contributed by atoms with Crippen LogP contribution < -0.4 is 21.4 Å². The number of carbonyl (C=O) groups is 1. The Morgan fingerprint density at radius 3 is 2.41 bits per heavy atom. The van der Waals surface area contributed by atoms with Crippen molar-refractivity contribution in [3.63, 3.8) is 0 Å². The highest BCUT2D eigenvalue weighted by Crippen LogP contribution is 2.29. The fourth-order valence-electron chi connectivity index (χ4n) is 3.36. The van der Waals surface area contributed by atoms with Crippen LogP contribution in [-0.4, -0.2) is 26.5 Å². The molecule has 0 unspecified atom stereocenters. The lowest BCUT2D eigenvalue weighted by molar-refractivity contribution is -0.120. The van der Waals surface area contributed by atoms with E-state index in [2.05, 4.69) is 10.3 Å². The number of Topliss-reactive ketones (excluding diaryl/α,β-unsaturated/α-hetero) is 1. The number of anilines is 2.